The van der Waals surface area contributed by atoms with Crippen LogP contribution in [0.3, 0.4) is 0 Å². The molecule has 2 aromatic heterocycles. The summed E-state index contributed by atoms with van der Waals surface area (Å²) in [6.45, 7) is 5.15. The van der Waals surface area contributed by atoms with Crippen LogP contribution < -0.4 is 4.90 Å². The highest BCUT2D eigenvalue weighted by Crippen LogP contribution is 2.64. The number of aromatic nitrogens is 5. The van der Waals surface area contributed by atoms with Gasteiger partial charge in [-0.05, 0) is 74.6 Å². The van der Waals surface area contributed by atoms with Crippen molar-refractivity contribution in [2.24, 2.45) is 17.3 Å². The fourth-order valence-electron chi connectivity index (χ4n) is 7.20. The predicted octanol–water partition coefficient (Wildman–Crippen LogP) is 2.02. The number of tetrazole rings is 1. The number of carbonyl (C=O) groups excluding carboxylic acids is 1. The molecule has 1 aliphatic heterocycles. The van der Waals surface area contributed by atoms with E-state index in [1.165, 1.54) is 6.42 Å². The van der Waals surface area contributed by atoms with Gasteiger partial charge in [0.15, 0.2) is 5.82 Å². The molecule has 4 saturated carbocycles. The first-order valence-electron chi connectivity index (χ1n) is 11.3. The highest BCUT2D eigenvalue weighted by molar-refractivity contribution is 5.83. The Morgan fingerprint density at radius 3 is 2.47 bits per heavy atom. The van der Waals surface area contributed by atoms with Crippen molar-refractivity contribution < 1.29 is 4.79 Å². The molecule has 4 aliphatic carbocycles. The second-order valence-electron chi connectivity index (χ2n) is 10.1. The lowest BCUT2D eigenvalue weighted by Gasteiger charge is -2.61. The lowest BCUT2D eigenvalue weighted by atomic mass is 9.46. The van der Waals surface area contributed by atoms with Crippen molar-refractivity contribution in [2.75, 3.05) is 31.1 Å². The highest BCUT2D eigenvalue weighted by atomic mass is 16.2. The molecule has 0 radical (unpaired) electrons. The van der Waals surface area contributed by atoms with E-state index in [2.05, 4.69) is 30.2 Å². The zero-order chi connectivity index (χ0) is 20.3. The topological polar surface area (TPSA) is 80.0 Å². The Hall–Kier alpha value is -2.51. The van der Waals surface area contributed by atoms with E-state index in [-0.39, 0.29) is 11.0 Å². The summed E-state index contributed by atoms with van der Waals surface area (Å²) in [5.74, 6) is 3.31. The summed E-state index contributed by atoms with van der Waals surface area (Å²) < 4.78 is 0. The van der Waals surface area contributed by atoms with Crippen LogP contribution >= 0.6 is 0 Å². The zero-order valence-electron chi connectivity index (χ0n) is 17.6. The molecular formula is C22H29N7O. The van der Waals surface area contributed by atoms with E-state index < -0.39 is 0 Å². The number of anilines is 1. The molecule has 3 heterocycles. The first-order valence-corrected chi connectivity index (χ1v) is 11.3. The third-order valence-electron chi connectivity index (χ3n) is 7.96. The lowest BCUT2D eigenvalue weighted by molar-refractivity contribution is -0.168. The summed E-state index contributed by atoms with van der Waals surface area (Å²) in [6.07, 6.45) is 8.25. The standard InChI is InChI=1S/C22H29N7O/c1-16-24-26-29(25-16)22-13-17-10-18(14-22)12-21(11-17,15-22)20(30)28-8-6-27(7-9-28)19-4-2-3-5-23-19/h2-5,17-18H,6-15H2,1H3/t17-,18+,21?,22?. The molecule has 4 atom stereocenters. The fourth-order valence-corrected chi connectivity index (χ4v) is 7.20. The Morgan fingerprint density at radius 1 is 1.07 bits per heavy atom. The van der Waals surface area contributed by atoms with Crippen molar-refractivity contribution in [3.8, 4) is 0 Å². The van der Waals surface area contributed by atoms with Crippen LogP contribution in [0.2, 0.25) is 0 Å². The van der Waals surface area contributed by atoms with Gasteiger partial charge in [-0.1, -0.05) is 6.07 Å². The summed E-state index contributed by atoms with van der Waals surface area (Å²) >= 11 is 0. The molecule has 5 fully saturated rings. The van der Waals surface area contributed by atoms with Gasteiger partial charge in [0.1, 0.15) is 5.82 Å². The van der Waals surface area contributed by atoms with E-state index in [1.54, 1.807) is 0 Å². The van der Waals surface area contributed by atoms with Gasteiger partial charge in [0.25, 0.3) is 0 Å². The van der Waals surface area contributed by atoms with Gasteiger partial charge in [-0.15, -0.1) is 10.2 Å². The van der Waals surface area contributed by atoms with Gasteiger partial charge < -0.3 is 9.80 Å². The van der Waals surface area contributed by atoms with Crippen molar-refractivity contribution in [1.29, 1.82) is 0 Å². The predicted molar refractivity (Wildman–Crippen MR) is 111 cm³/mol. The number of amides is 1. The van der Waals surface area contributed by atoms with Crippen molar-refractivity contribution in [1.82, 2.24) is 30.1 Å². The largest absolute Gasteiger partial charge is 0.353 e. The van der Waals surface area contributed by atoms with Gasteiger partial charge in [-0.3, -0.25) is 4.79 Å². The summed E-state index contributed by atoms with van der Waals surface area (Å²) in [6, 6.07) is 6.01. The second-order valence-corrected chi connectivity index (χ2v) is 10.1. The van der Waals surface area contributed by atoms with Crippen LogP contribution in [0.25, 0.3) is 0 Å². The van der Waals surface area contributed by atoms with Crippen molar-refractivity contribution in [3.05, 3.63) is 30.2 Å². The van der Waals surface area contributed by atoms with E-state index in [1.807, 2.05) is 36.1 Å². The fraction of sp³-hybridized carbons (Fsp3) is 0.682. The molecule has 5 aliphatic rings. The number of hydrogen-bond donors (Lipinski definition) is 0. The summed E-state index contributed by atoms with van der Waals surface area (Å²) in [7, 11) is 0. The van der Waals surface area contributed by atoms with Crippen LogP contribution in [0.1, 0.15) is 44.3 Å². The third-order valence-corrected chi connectivity index (χ3v) is 7.96. The molecule has 30 heavy (non-hydrogen) atoms. The third kappa shape index (κ3) is 2.76. The van der Waals surface area contributed by atoms with Crippen LogP contribution in [0.15, 0.2) is 24.4 Å². The van der Waals surface area contributed by atoms with Crippen molar-refractivity contribution >= 4 is 11.7 Å². The monoisotopic (exact) mass is 407 g/mol. The Labute approximate surface area is 176 Å². The summed E-state index contributed by atoms with van der Waals surface area (Å²) in [5.41, 5.74) is -0.352. The van der Waals surface area contributed by atoms with E-state index in [0.717, 1.165) is 69.9 Å². The quantitative estimate of drug-likeness (QED) is 0.774. The summed E-state index contributed by atoms with van der Waals surface area (Å²) in [4.78, 5) is 24.7. The molecule has 0 N–H and O–H groups in total. The van der Waals surface area contributed by atoms with Gasteiger partial charge in [0.2, 0.25) is 5.91 Å². The SMILES string of the molecule is Cc1nnn(C23C[C@@H]4C[C@@H](CC(C(=O)N5CCN(c6ccccn6)CC5)(C4)C2)C3)n1. The van der Waals surface area contributed by atoms with E-state index >= 15 is 0 Å². The average Bonchev–Trinajstić information content (AvgIpc) is 3.20. The molecule has 4 bridgehead atoms. The van der Waals surface area contributed by atoms with E-state index in [4.69, 9.17) is 0 Å². The van der Waals surface area contributed by atoms with Gasteiger partial charge >= 0.3 is 0 Å². The van der Waals surface area contributed by atoms with Gasteiger partial charge in [-0.2, -0.15) is 4.80 Å². The maximum absolute atomic E-state index is 13.9. The molecule has 1 saturated heterocycles. The number of carbonyl (C=O) groups is 1. The summed E-state index contributed by atoms with van der Waals surface area (Å²) in [5, 5.41) is 13.1. The number of nitrogens with zero attached hydrogens (tertiary/aromatic N) is 7. The Bertz CT molecular complexity index is 935. The Balaban J connectivity index is 1.23. The number of pyridine rings is 1. The number of rotatable bonds is 3. The van der Waals surface area contributed by atoms with Crippen LogP contribution in [0, 0.1) is 24.2 Å². The molecule has 0 spiro atoms. The molecule has 1 amide bonds. The molecule has 7 rings (SSSR count). The smallest absolute Gasteiger partial charge is 0.229 e. The Kier molecular flexibility index (Phi) is 3.95. The minimum atomic E-state index is -0.237. The molecule has 8 heteroatoms. The molecule has 158 valence electrons. The number of piperazine rings is 1. The zero-order valence-corrected chi connectivity index (χ0v) is 17.6. The molecule has 8 nitrogen and oxygen atoms in total. The van der Waals surface area contributed by atoms with Crippen LogP contribution in [-0.4, -0.2) is 62.2 Å². The van der Waals surface area contributed by atoms with Gasteiger partial charge in [0.05, 0.1) is 11.0 Å². The van der Waals surface area contributed by atoms with E-state index in [0.29, 0.717) is 17.7 Å². The van der Waals surface area contributed by atoms with Crippen LogP contribution in [-0.2, 0) is 10.3 Å². The molecule has 0 aromatic carbocycles. The molecular weight excluding hydrogens is 378 g/mol. The minimum Gasteiger partial charge on any atom is -0.353 e. The maximum Gasteiger partial charge on any atom is 0.229 e. The first kappa shape index (κ1) is 18.3. The highest BCUT2D eigenvalue weighted by Gasteiger charge is 2.63. The van der Waals surface area contributed by atoms with Gasteiger partial charge in [-0.25, -0.2) is 4.98 Å². The van der Waals surface area contributed by atoms with Crippen LogP contribution in [0.4, 0.5) is 5.82 Å². The number of hydrogen-bond acceptors (Lipinski definition) is 6. The minimum absolute atomic E-state index is 0.114. The molecule has 2 unspecified atom stereocenters. The van der Waals surface area contributed by atoms with Gasteiger partial charge in [0, 0.05) is 32.4 Å². The van der Waals surface area contributed by atoms with Crippen molar-refractivity contribution in [2.45, 2.75) is 51.0 Å². The van der Waals surface area contributed by atoms with Crippen molar-refractivity contribution in [3.63, 3.8) is 0 Å². The second kappa shape index (κ2) is 6.49. The normalized spacial score (nSPS) is 35.1. The average molecular weight is 408 g/mol. The van der Waals surface area contributed by atoms with E-state index in [9.17, 15) is 4.79 Å². The molecule has 2 aromatic rings. The first-order chi connectivity index (χ1) is 14.6. The van der Waals surface area contributed by atoms with Crippen LogP contribution in [0.5, 0.6) is 0 Å². The lowest BCUT2D eigenvalue weighted by Crippen LogP contribution is -2.63. The maximum atomic E-state index is 13.9. The number of aryl methyl sites for hydroxylation is 1. The Morgan fingerprint density at radius 2 is 1.83 bits per heavy atom.